The van der Waals surface area contributed by atoms with Gasteiger partial charge in [-0.15, -0.1) is 0 Å². The van der Waals surface area contributed by atoms with Crippen LogP contribution in [0.5, 0.6) is 0 Å². The van der Waals surface area contributed by atoms with E-state index in [2.05, 4.69) is 5.32 Å². The zero-order valence-electron chi connectivity index (χ0n) is 11.9. The van der Waals surface area contributed by atoms with Gasteiger partial charge in [-0.05, 0) is 32.7 Å². The minimum absolute atomic E-state index is 0.129. The molecule has 0 saturated carbocycles. The summed E-state index contributed by atoms with van der Waals surface area (Å²) in [5.74, 6) is 0. The average Bonchev–Trinajstić information content (AvgIpc) is 2.38. The number of rotatable bonds is 6. The number of likely N-dealkylation sites (tertiary alicyclic amines) is 1. The van der Waals surface area contributed by atoms with Crippen molar-refractivity contribution in [2.75, 3.05) is 46.9 Å². The molecule has 0 unspecified atom stereocenters. The predicted octanol–water partition coefficient (Wildman–Crippen LogP) is 1.15. The molecular weight excluding hydrogens is 230 g/mol. The van der Waals surface area contributed by atoms with Crippen molar-refractivity contribution in [3.05, 3.63) is 0 Å². The average molecular weight is 257 g/mol. The highest BCUT2D eigenvalue weighted by Gasteiger charge is 2.22. The molecule has 18 heavy (non-hydrogen) atoms. The number of ether oxygens (including phenoxy) is 1. The Morgan fingerprint density at radius 2 is 2.06 bits per heavy atom. The Bertz CT molecular complexity index is 238. The van der Waals surface area contributed by atoms with Crippen molar-refractivity contribution in [2.24, 2.45) is 0 Å². The fraction of sp³-hybridized carbons (Fsp3) is 0.923. The van der Waals surface area contributed by atoms with Crippen molar-refractivity contribution in [2.45, 2.75) is 32.2 Å². The molecule has 0 atom stereocenters. The van der Waals surface area contributed by atoms with Crippen molar-refractivity contribution in [3.63, 3.8) is 0 Å². The zero-order chi connectivity index (χ0) is 13.4. The third-order valence-corrected chi connectivity index (χ3v) is 3.25. The van der Waals surface area contributed by atoms with Gasteiger partial charge < -0.3 is 19.9 Å². The van der Waals surface area contributed by atoms with Crippen molar-refractivity contribution in [1.82, 2.24) is 15.1 Å². The topological polar surface area (TPSA) is 44.8 Å². The summed E-state index contributed by atoms with van der Waals surface area (Å²) in [6.45, 7) is 6.38. The number of hydrogen-bond donors (Lipinski definition) is 1. The van der Waals surface area contributed by atoms with E-state index >= 15 is 0 Å². The van der Waals surface area contributed by atoms with Crippen LogP contribution in [-0.2, 0) is 4.74 Å². The van der Waals surface area contributed by atoms with Crippen LogP contribution in [0.1, 0.15) is 26.2 Å². The Hall–Kier alpha value is -0.810. The third kappa shape index (κ3) is 5.23. The van der Waals surface area contributed by atoms with E-state index in [1.807, 2.05) is 11.8 Å². The molecule has 1 saturated heterocycles. The number of piperidine rings is 1. The van der Waals surface area contributed by atoms with Gasteiger partial charge >= 0.3 is 6.03 Å². The molecule has 0 radical (unpaired) electrons. The summed E-state index contributed by atoms with van der Waals surface area (Å²) in [6, 6.07) is 0.683. The Morgan fingerprint density at radius 1 is 1.39 bits per heavy atom. The highest BCUT2D eigenvalue weighted by atomic mass is 16.5. The smallest absolute Gasteiger partial charge is 0.319 e. The number of hydrogen-bond acceptors (Lipinski definition) is 3. The largest absolute Gasteiger partial charge is 0.382 e. The maximum absolute atomic E-state index is 11.8. The first-order chi connectivity index (χ1) is 8.65. The van der Waals surface area contributed by atoms with E-state index in [9.17, 15) is 4.79 Å². The van der Waals surface area contributed by atoms with E-state index < -0.39 is 0 Å². The molecule has 1 heterocycles. The molecule has 5 heteroatoms. The van der Waals surface area contributed by atoms with Crippen LogP contribution in [-0.4, -0.2) is 68.8 Å². The van der Waals surface area contributed by atoms with Crippen LogP contribution in [0, 0.1) is 0 Å². The van der Waals surface area contributed by atoms with Gasteiger partial charge in [-0.3, -0.25) is 0 Å². The molecule has 0 aromatic carbocycles. The molecule has 0 aromatic rings. The van der Waals surface area contributed by atoms with Gasteiger partial charge in [0, 0.05) is 46.4 Å². The lowest BCUT2D eigenvalue weighted by atomic mass is 10.1. The van der Waals surface area contributed by atoms with Crippen LogP contribution < -0.4 is 5.32 Å². The molecule has 106 valence electrons. The van der Waals surface area contributed by atoms with Crippen LogP contribution >= 0.6 is 0 Å². The lowest BCUT2D eigenvalue weighted by Gasteiger charge is -2.34. The first-order valence-electron chi connectivity index (χ1n) is 6.92. The quantitative estimate of drug-likeness (QED) is 0.726. The summed E-state index contributed by atoms with van der Waals surface area (Å²) in [6.07, 6.45) is 3.16. The van der Waals surface area contributed by atoms with Crippen LogP contribution in [0.25, 0.3) is 0 Å². The van der Waals surface area contributed by atoms with Gasteiger partial charge in [-0.25, -0.2) is 4.79 Å². The minimum Gasteiger partial charge on any atom is -0.382 e. The molecular formula is C13H27N3O2. The molecule has 2 amide bonds. The normalized spacial score (nSPS) is 16.9. The van der Waals surface area contributed by atoms with Gasteiger partial charge in [-0.1, -0.05) is 0 Å². The standard InChI is InChI=1S/C13H27N3O2/c1-4-18-11-5-8-14-12-6-9-16(10-7-12)13(17)15(2)3/h12,14H,4-11H2,1-3H3. The molecule has 0 bridgehead atoms. The lowest BCUT2D eigenvalue weighted by molar-refractivity contribution is 0.139. The first-order valence-corrected chi connectivity index (χ1v) is 6.92. The van der Waals surface area contributed by atoms with Crippen LogP contribution in [0.15, 0.2) is 0 Å². The Balaban J connectivity index is 2.10. The second-order valence-electron chi connectivity index (χ2n) is 4.94. The SMILES string of the molecule is CCOCCCNC1CCN(C(=O)N(C)C)CC1. The number of amides is 2. The molecule has 1 aliphatic heterocycles. The van der Waals surface area contributed by atoms with E-state index in [1.54, 1.807) is 19.0 Å². The van der Waals surface area contributed by atoms with Crippen LogP contribution in [0.4, 0.5) is 4.79 Å². The van der Waals surface area contributed by atoms with Crippen molar-refractivity contribution < 1.29 is 9.53 Å². The molecule has 0 spiro atoms. The second kappa shape index (κ2) is 8.32. The van der Waals surface area contributed by atoms with Crippen LogP contribution in [0.3, 0.4) is 0 Å². The van der Waals surface area contributed by atoms with Crippen molar-refractivity contribution in [3.8, 4) is 0 Å². The molecule has 1 N–H and O–H groups in total. The molecule has 1 aliphatic rings. The van der Waals surface area contributed by atoms with Gasteiger partial charge in [0.1, 0.15) is 0 Å². The first kappa shape index (κ1) is 15.2. The van der Waals surface area contributed by atoms with Crippen molar-refractivity contribution in [1.29, 1.82) is 0 Å². The van der Waals surface area contributed by atoms with E-state index in [0.29, 0.717) is 6.04 Å². The molecule has 0 aromatic heterocycles. The summed E-state index contributed by atoms with van der Waals surface area (Å²) in [5.41, 5.74) is 0. The number of carbonyl (C=O) groups is 1. The molecule has 5 nitrogen and oxygen atoms in total. The fourth-order valence-electron chi connectivity index (χ4n) is 2.18. The van der Waals surface area contributed by atoms with E-state index in [1.165, 1.54) is 0 Å². The van der Waals surface area contributed by atoms with Crippen molar-refractivity contribution >= 4 is 6.03 Å². The highest BCUT2D eigenvalue weighted by Crippen LogP contribution is 2.11. The number of carbonyl (C=O) groups excluding carboxylic acids is 1. The predicted molar refractivity (Wildman–Crippen MR) is 72.8 cm³/mol. The monoisotopic (exact) mass is 257 g/mol. The number of nitrogens with zero attached hydrogens (tertiary/aromatic N) is 2. The highest BCUT2D eigenvalue weighted by molar-refractivity contribution is 5.73. The zero-order valence-corrected chi connectivity index (χ0v) is 11.9. The summed E-state index contributed by atoms with van der Waals surface area (Å²) >= 11 is 0. The van der Waals surface area contributed by atoms with E-state index in [4.69, 9.17) is 4.74 Å². The number of urea groups is 1. The Morgan fingerprint density at radius 3 is 2.61 bits per heavy atom. The minimum atomic E-state index is 0.129. The van der Waals surface area contributed by atoms with Gasteiger partial charge in [0.25, 0.3) is 0 Å². The third-order valence-electron chi connectivity index (χ3n) is 3.25. The number of nitrogens with one attached hydrogen (secondary N) is 1. The summed E-state index contributed by atoms with van der Waals surface area (Å²) in [4.78, 5) is 15.3. The van der Waals surface area contributed by atoms with E-state index in [-0.39, 0.29) is 6.03 Å². The van der Waals surface area contributed by atoms with E-state index in [0.717, 1.165) is 52.1 Å². The summed E-state index contributed by atoms with van der Waals surface area (Å²) in [5, 5.41) is 3.54. The summed E-state index contributed by atoms with van der Waals surface area (Å²) in [7, 11) is 3.61. The van der Waals surface area contributed by atoms with Gasteiger partial charge in [0.05, 0.1) is 0 Å². The summed E-state index contributed by atoms with van der Waals surface area (Å²) < 4.78 is 5.30. The molecule has 0 aliphatic carbocycles. The molecule has 1 fully saturated rings. The lowest BCUT2D eigenvalue weighted by Crippen LogP contribution is -2.48. The maximum atomic E-state index is 11.8. The molecule has 1 rings (SSSR count). The maximum Gasteiger partial charge on any atom is 0.319 e. The van der Waals surface area contributed by atoms with Gasteiger partial charge in [0.2, 0.25) is 0 Å². The second-order valence-corrected chi connectivity index (χ2v) is 4.94. The fourth-order valence-corrected chi connectivity index (χ4v) is 2.18. The van der Waals surface area contributed by atoms with Crippen LogP contribution in [0.2, 0.25) is 0 Å². The Labute approximate surface area is 110 Å². The van der Waals surface area contributed by atoms with Gasteiger partial charge in [0.15, 0.2) is 0 Å². The van der Waals surface area contributed by atoms with Gasteiger partial charge in [-0.2, -0.15) is 0 Å². The Kier molecular flexibility index (Phi) is 7.05.